The second kappa shape index (κ2) is 5.16. The van der Waals surface area contributed by atoms with Gasteiger partial charge in [-0.2, -0.15) is 5.10 Å². The van der Waals surface area contributed by atoms with E-state index in [-0.39, 0.29) is 5.82 Å². The summed E-state index contributed by atoms with van der Waals surface area (Å²) in [4.78, 5) is 19.3. The quantitative estimate of drug-likeness (QED) is 0.554. The number of fused-ring (bicyclic) bond motifs is 2. The van der Waals surface area contributed by atoms with Crippen LogP contribution in [0.2, 0.25) is 0 Å². The number of methoxy groups -OCH3 is 1. The van der Waals surface area contributed by atoms with Crippen molar-refractivity contribution in [1.29, 1.82) is 0 Å². The number of halogens is 1. The van der Waals surface area contributed by atoms with Crippen molar-refractivity contribution in [1.82, 2.24) is 20.2 Å². The normalized spacial score (nSPS) is 11.3. The van der Waals surface area contributed by atoms with Crippen molar-refractivity contribution in [2.45, 2.75) is 6.92 Å². The molecule has 2 heterocycles. The highest BCUT2D eigenvalue weighted by Gasteiger charge is 2.15. The van der Waals surface area contributed by atoms with Gasteiger partial charge >= 0.3 is 5.97 Å². The van der Waals surface area contributed by atoms with Gasteiger partial charge in [-0.25, -0.2) is 14.2 Å². The van der Waals surface area contributed by atoms with Gasteiger partial charge in [0.25, 0.3) is 0 Å². The van der Waals surface area contributed by atoms with Gasteiger partial charge in [0.1, 0.15) is 11.5 Å². The van der Waals surface area contributed by atoms with Gasteiger partial charge in [0, 0.05) is 11.5 Å². The first-order chi connectivity index (χ1) is 11.6. The largest absolute Gasteiger partial charge is 0.465 e. The van der Waals surface area contributed by atoms with Crippen LogP contribution in [0.3, 0.4) is 0 Å². The summed E-state index contributed by atoms with van der Waals surface area (Å²) in [5.41, 5.74) is 3.53. The smallest absolute Gasteiger partial charge is 0.337 e. The molecule has 0 bridgehead atoms. The monoisotopic (exact) mass is 324 g/mol. The van der Waals surface area contributed by atoms with E-state index in [4.69, 9.17) is 4.74 Å². The highest BCUT2D eigenvalue weighted by atomic mass is 19.1. The predicted octanol–water partition coefficient (Wildman–Crippen LogP) is 3.34. The van der Waals surface area contributed by atoms with Crippen LogP contribution in [0.1, 0.15) is 15.9 Å². The van der Waals surface area contributed by atoms with E-state index in [0.717, 1.165) is 16.4 Å². The Kier molecular flexibility index (Phi) is 3.09. The SMILES string of the molecule is COC(=O)c1ccc2[nH]nc(-c3nc4cc(F)c(C)cc4[nH]3)c2c1. The number of benzene rings is 2. The standard InChI is InChI=1S/C17H13FN4O2/c1-8-5-13-14(7-11(8)18)20-16(19-13)15-10-6-9(17(23)24-2)3-4-12(10)21-22-15/h3-7H,1-2H3,(H,19,20)(H,21,22). The van der Waals surface area contributed by atoms with Crippen molar-refractivity contribution in [3.8, 4) is 11.5 Å². The number of imidazole rings is 1. The maximum absolute atomic E-state index is 13.7. The molecule has 0 aliphatic heterocycles. The fourth-order valence-corrected chi connectivity index (χ4v) is 2.69. The van der Waals surface area contributed by atoms with Gasteiger partial charge in [0.15, 0.2) is 5.82 Å². The number of aryl methyl sites for hydroxylation is 1. The lowest BCUT2D eigenvalue weighted by atomic mass is 10.1. The van der Waals surface area contributed by atoms with Crippen molar-refractivity contribution >= 4 is 27.9 Å². The van der Waals surface area contributed by atoms with Gasteiger partial charge in [-0.15, -0.1) is 0 Å². The van der Waals surface area contributed by atoms with Gasteiger partial charge in [-0.1, -0.05) is 0 Å². The van der Waals surface area contributed by atoms with Crippen LogP contribution in [0.25, 0.3) is 33.5 Å². The molecule has 0 atom stereocenters. The molecule has 2 aromatic heterocycles. The number of hydrogen-bond donors (Lipinski definition) is 2. The molecule has 120 valence electrons. The fourth-order valence-electron chi connectivity index (χ4n) is 2.69. The molecule has 2 N–H and O–H groups in total. The Morgan fingerprint density at radius 2 is 2.04 bits per heavy atom. The van der Waals surface area contributed by atoms with Crippen LogP contribution in [-0.4, -0.2) is 33.2 Å². The molecule has 24 heavy (non-hydrogen) atoms. The molecule has 0 unspecified atom stereocenters. The minimum atomic E-state index is -0.425. The lowest BCUT2D eigenvalue weighted by molar-refractivity contribution is 0.0601. The number of carbonyl (C=O) groups is 1. The lowest BCUT2D eigenvalue weighted by Gasteiger charge is -1.99. The molecule has 7 heteroatoms. The second-order valence-electron chi connectivity index (χ2n) is 5.53. The zero-order valence-electron chi connectivity index (χ0n) is 13.0. The Labute approximate surface area is 135 Å². The molecule has 0 saturated heterocycles. The van der Waals surface area contributed by atoms with E-state index in [0.29, 0.717) is 28.2 Å². The average molecular weight is 324 g/mol. The Bertz CT molecular complexity index is 1060. The molecule has 0 spiro atoms. The third-order valence-corrected chi connectivity index (χ3v) is 3.97. The van der Waals surface area contributed by atoms with E-state index >= 15 is 0 Å². The summed E-state index contributed by atoms with van der Waals surface area (Å²) in [6, 6.07) is 8.20. The van der Waals surface area contributed by atoms with Gasteiger partial charge in [-0.3, -0.25) is 5.10 Å². The minimum absolute atomic E-state index is 0.305. The van der Waals surface area contributed by atoms with Crippen LogP contribution in [0.15, 0.2) is 30.3 Å². The molecule has 0 saturated carbocycles. The number of esters is 1. The molecule has 0 fully saturated rings. The van der Waals surface area contributed by atoms with Crippen molar-refractivity contribution < 1.29 is 13.9 Å². The molecule has 0 radical (unpaired) electrons. The third kappa shape index (κ3) is 2.13. The second-order valence-corrected chi connectivity index (χ2v) is 5.53. The first-order valence-electron chi connectivity index (χ1n) is 7.29. The summed E-state index contributed by atoms with van der Waals surface area (Å²) in [7, 11) is 1.33. The molecule has 2 aromatic carbocycles. The molecule has 6 nitrogen and oxygen atoms in total. The Morgan fingerprint density at radius 1 is 1.21 bits per heavy atom. The summed E-state index contributed by atoms with van der Waals surface area (Å²) >= 11 is 0. The highest BCUT2D eigenvalue weighted by molar-refractivity contribution is 5.99. The van der Waals surface area contributed by atoms with Crippen molar-refractivity contribution in [3.63, 3.8) is 0 Å². The zero-order chi connectivity index (χ0) is 16.8. The van der Waals surface area contributed by atoms with E-state index in [1.54, 1.807) is 31.2 Å². The first kappa shape index (κ1) is 14.4. The van der Waals surface area contributed by atoms with Crippen LogP contribution in [0.4, 0.5) is 4.39 Å². The van der Waals surface area contributed by atoms with Crippen LogP contribution >= 0.6 is 0 Å². The van der Waals surface area contributed by atoms with Crippen LogP contribution in [0.5, 0.6) is 0 Å². The number of aromatic amines is 2. The number of H-pyrrole nitrogens is 2. The van der Waals surface area contributed by atoms with E-state index in [2.05, 4.69) is 20.2 Å². The highest BCUT2D eigenvalue weighted by Crippen LogP contribution is 2.28. The lowest BCUT2D eigenvalue weighted by Crippen LogP contribution is -2.00. The number of hydrogen-bond acceptors (Lipinski definition) is 4. The van der Waals surface area contributed by atoms with Crippen LogP contribution in [0, 0.1) is 12.7 Å². The Hall–Kier alpha value is -3.22. The summed E-state index contributed by atoms with van der Waals surface area (Å²) in [5, 5.41) is 7.90. The van der Waals surface area contributed by atoms with Gasteiger partial charge in [0.05, 0.1) is 29.2 Å². The van der Waals surface area contributed by atoms with Crippen molar-refractivity contribution in [2.75, 3.05) is 7.11 Å². The Morgan fingerprint density at radius 3 is 2.83 bits per heavy atom. The zero-order valence-corrected chi connectivity index (χ0v) is 13.0. The molecule has 4 aromatic rings. The number of carbonyl (C=O) groups excluding carboxylic acids is 1. The molecule has 0 aliphatic carbocycles. The summed E-state index contributed by atoms with van der Waals surface area (Å²) < 4.78 is 18.5. The summed E-state index contributed by atoms with van der Waals surface area (Å²) in [6.07, 6.45) is 0. The van der Waals surface area contributed by atoms with Crippen LogP contribution < -0.4 is 0 Å². The molecule has 0 aliphatic rings. The number of aromatic nitrogens is 4. The van der Waals surface area contributed by atoms with E-state index < -0.39 is 5.97 Å². The van der Waals surface area contributed by atoms with Gasteiger partial charge in [0.2, 0.25) is 0 Å². The summed E-state index contributed by atoms with van der Waals surface area (Å²) in [5.74, 6) is -0.227. The van der Waals surface area contributed by atoms with Crippen molar-refractivity contribution in [2.24, 2.45) is 0 Å². The minimum Gasteiger partial charge on any atom is -0.465 e. The number of nitrogens with one attached hydrogen (secondary N) is 2. The van der Waals surface area contributed by atoms with Gasteiger partial charge < -0.3 is 9.72 Å². The predicted molar refractivity (Wildman–Crippen MR) is 87.2 cm³/mol. The summed E-state index contributed by atoms with van der Waals surface area (Å²) in [6.45, 7) is 1.70. The topological polar surface area (TPSA) is 83.7 Å². The van der Waals surface area contributed by atoms with E-state index in [1.807, 2.05) is 0 Å². The number of ether oxygens (including phenoxy) is 1. The molecule has 4 rings (SSSR count). The fraction of sp³-hybridized carbons (Fsp3) is 0.118. The number of nitrogens with zero attached hydrogens (tertiary/aromatic N) is 2. The average Bonchev–Trinajstić information content (AvgIpc) is 3.17. The van der Waals surface area contributed by atoms with Crippen LogP contribution in [-0.2, 0) is 4.74 Å². The Balaban J connectivity index is 1.91. The maximum atomic E-state index is 13.7. The molecule has 0 amide bonds. The maximum Gasteiger partial charge on any atom is 0.337 e. The third-order valence-electron chi connectivity index (χ3n) is 3.97. The van der Waals surface area contributed by atoms with E-state index in [9.17, 15) is 9.18 Å². The molecular weight excluding hydrogens is 311 g/mol. The van der Waals surface area contributed by atoms with Gasteiger partial charge in [-0.05, 0) is 36.8 Å². The van der Waals surface area contributed by atoms with Crippen molar-refractivity contribution in [3.05, 3.63) is 47.3 Å². The molecular formula is C17H13FN4O2. The number of rotatable bonds is 2. The first-order valence-corrected chi connectivity index (χ1v) is 7.29. The van der Waals surface area contributed by atoms with E-state index in [1.165, 1.54) is 13.2 Å².